The molecule has 0 radical (unpaired) electrons. The van der Waals surface area contributed by atoms with E-state index in [0.717, 1.165) is 5.39 Å². The van der Waals surface area contributed by atoms with E-state index in [2.05, 4.69) is 10.3 Å². The van der Waals surface area contributed by atoms with E-state index >= 15 is 0 Å². The Morgan fingerprint density at radius 2 is 1.81 bits per heavy atom. The van der Waals surface area contributed by atoms with Crippen LogP contribution in [0.4, 0.5) is 11.4 Å². The van der Waals surface area contributed by atoms with Gasteiger partial charge in [0.25, 0.3) is 5.91 Å². The van der Waals surface area contributed by atoms with Crippen molar-refractivity contribution in [2.24, 2.45) is 0 Å². The molecule has 134 valence electrons. The first-order valence-electron chi connectivity index (χ1n) is 8.34. The predicted molar refractivity (Wildman–Crippen MR) is 99.5 cm³/mol. The fraction of sp³-hybridized carbons (Fsp3) is 0.100. The summed E-state index contributed by atoms with van der Waals surface area (Å²) in [6.45, 7) is -0.601. The Kier molecular flexibility index (Phi) is 4.25. The molecule has 0 unspecified atom stereocenters. The molecule has 1 N–H and O–H groups in total. The fourth-order valence-corrected chi connectivity index (χ4v) is 2.91. The van der Waals surface area contributed by atoms with Crippen molar-refractivity contribution in [2.75, 3.05) is 23.4 Å². The summed E-state index contributed by atoms with van der Waals surface area (Å²) in [5.74, 6) is -1.47. The van der Waals surface area contributed by atoms with Gasteiger partial charge in [-0.05, 0) is 24.3 Å². The van der Waals surface area contributed by atoms with Crippen LogP contribution in [0.15, 0.2) is 60.7 Å². The number of para-hydroxylation sites is 3. The number of pyridine rings is 1. The lowest BCUT2D eigenvalue weighted by atomic mass is 10.2. The Morgan fingerprint density at radius 3 is 2.70 bits per heavy atom. The molecule has 1 aliphatic rings. The van der Waals surface area contributed by atoms with Crippen LogP contribution in [-0.2, 0) is 14.3 Å². The average molecular weight is 361 g/mol. The van der Waals surface area contributed by atoms with Gasteiger partial charge in [0.15, 0.2) is 6.61 Å². The van der Waals surface area contributed by atoms with Crippen LogP contribution in [0.1, 0.15) is 10.5 Å². The zero-order chi connectivity index (χ0) is 18.8. The highest BCUT2D eigenvalue weighted by Gasteiger charge is 2.27. The Bertz CT molecular complexity index is 1060. The Morgan fingerprint density at radius 1 is 1.04 bits per heavy atom. The number of hydrogen-bond acceptors (Lipinski definition) is 5. The number of esters is 1. The summed E-state index contributed by atoms with van der Waals surface area (Å²) in [6.07, 6.45) is 0. The number of carbonyl (C=O) groups excluding carboxylic acids is 3. The van der Waals surface area contributed by atoms with Gasteiger partial charge in [0, 0.05) is 5.39 Å². The Balaban J connectivity index is 1.47. The van der Waals surface area contributed by atoms with Crippen LogP contribution in [-0.4, -0.2) is 35.9 Å². The summed E-state index contributed by atoms with van der Waals surface area (Å²) >= 11 is 0. The topological polar surface area (TPSA) is 88.6 Å². The molecular weight excluding hydrogens is 346 g/mol. The number of anilines is 2. The number of hydrogen-bond donors (Lipinski definition) is 1. The van der Waals surface area contributed by atoms with Gasteiger partial charge < -0.3 is 10.1 Å². The van der Waals surface area contributed by atoms with Gasteiger partial charge in [0.1, 0.15) is 12.2 Å². The second-order valence-electron chi connectivity index (χ2n) is 6.01. The number of carbonyl (C=O) groups is 3. The highest BCUT2D eigenvalue weighted by Crippen LogP contribution is 2.28. The molecule has 0 aliphatic carbocycles. The second-order valence-corrected chi connectivity index (χ2v) is 6.01. The van der Waals surface area contributed by atoms with E-state index in [-0.39, 0.29) is 18.1 Å². The number of aromatic nitrogens is 1. The first-order chi connectivity index (χ1) is 13.1. The van der Waals surface area contributed by atoms with E-state index in [1.54, 1.807) is 42.5 Å². The highest BCUT2D eigenvalue weighted by atomic mass is 16.5. The van der Waals surface area contributed by atoms with Gasteiger partial charge in [-0.2, -0.15) is 0 Å². The minimum absolute atomic E-state index is 0.123. The molecule has 0 fully saturated rings. The summed E-state index contributed by atoms with van der Waals surface area (Å²) < 4.78 is 5.12. The zero-order valence-corrected chi connectivity index (χ0v) is 14.2. The average Bonchev–Trinajstić information content (AvgIpc) is 2.70. The van der Waals surface area contributed by atoms with E-state index in [4.69, 9.17) is 4.74 Å². The van der Waals surface area contributed by atoms with Gasteiger partial charge in [-0.3, -0.25) is 14.5 Å². The minimum Gasteiger partial charge on any atom is -0.451 e. The van der Waals surface area contributed by atoms with Crippen molar-refractivity contribution in [3.05, 3.63) is 66.4 Å². The lowest BCUT2D eigenvalue weighted by Gasteiger charge is -2.28. The summed E-state index contributed by atoms with van der Waals surface area (Å²) in [5, 5.41) is 3.61. The predicted octanol–water partition coefficient (Wildman–Crippen LogP) is 2.38. The SMILES string of the molecule is O=C1CN(C(=O)COC(=O)c2ccc3ccccc3n2)c2ccccc2N1. The summed E-state index contributed by atoms with van der Waals surface area (Å²) in [5.41, 5.74) is 1.91. The first kappa shape index (κ1) is 16.7. The third kappa shape index (κ3) is 3.35. The van der Waals surface area contributed by atoms with Crippen molar-refractivity contribution in [1.29, 1.82) is 0 Å². The van der Waals surface area contributed by atoms with Crippen molar-refractivity contribution in [3.63, 3.8) is 0 Å². The molecule has 3 aromatic rings. The normalized spacial score (nSPS) is 13.0. The van der Waals surface area contributed by atoms with Crippen molar-refractivity contribution in [1.82, 2.24) is 4.98 Å². The summed E-state index contributed by atoms with van der Waals surface area (Å²) in [6, 6.07) is 17.7. The lowest BCUT2D eigenvalue weighted by Crippen LogP contribution is -2.44. The molecule has 2 amide bonds. The maximum atomic E-state index is 12.5. The van der Waals surface area contributed by atoms with Gasteiger partial charge in [-0.25, -0.2) is 9.78 Å². The molecule has 1 aromatic heterocycles. The largest absolute Gasteiger partial charge is 0.451 e. The molecule has 7 nitrogen and oxygen atoms in total. The number of rotatable bonds is 3. The smallest absolute Gasteiger partial charge is 0.357 e. The number of nitrogens with one attached hydrogen (secondary N) is 1. The lowest BCUT2D eigenvalue weighted by molar-refractivity contribution is -0.124. The third-order valence-corrected chi connectivity index (χ3v) is 4.21. The van der Waals surface area contributed by atoms with Crippen molar-refractivity contribution in [3.8, 4) is 0 Å². The van der Waals surface area contributed by atoms with E-state index in [1.165, 1.54) is 4.90 Å². The van der Waals surface area contributed by atoms with Gasteiger partial charge in [-0.1, -0.05) is 36.4 Å². The standard InChI is InChI=1S/C20H15N3O4/c24-18-11-23(17-8-4-3-7-15(17)22-18)19(25)12-27-20(26)16-10-9-13-5-1-2-6-14(13)21-16/h1-10H,11-12H2,(H,22,24). The quantitative estimate of drug-likeness (QED) is 0.724. The third-order valence-electron chi connectivity index (χ3n) is 4.21. The monoisotopic (exact) mass is 361 g/mol. The minimum atomic E-state index is -0.691. The molecule has 2 heterocycles. The number of fused-ring (bicyclic) bond motifs is 2. The van der Waals surface area contributed by atoms with Crippen molar-refractivity contribution >= 4 is 40.1 Å². The van der Waals surface area contributed by atoms with Crippen molar-refractivity contribution in [2.45, 2.75) is 0 Å². The summed E-state index contributed by atoms with van der Waals surface area (Å²) in [4.78, 5) is 42.1. The molecule has 27 heavy (non-hydrogen) atoms. The molecular formula is C20H15N3O4. The van der Waals surface area contributed by atoms with Crippen LogP contribution >= 0.6 is 0 Å². The number of ether oxygens (including phenoxy) is 1. The zero-order valence-electron chi connectivity index (χ0n) is 14.2. The Labute approximate surface area is 154 Å². The maximum absolute atomic E-state index is 12.5. The van der Waals surface area contributed by atoms with Crippen LogP contribution in [0.2, 0.25) is 0 Å². The Hall–Kier alpha value is -3.74. The van der Waals surface area contributed by atoms with Crippen LogP contribution in [0.5, 0.6) is 0 Å². The van der Waals surface area contributed by atoms with E-state index < -0.39 is 18.5 Å². The van der Waals surface area contributed by atoms with Crippen molar-refractivity contribution < 1.29 is 19.1 Å². The van der Waals surface area contributed by atoms with Crippen LogP contribution in [0, 0.1) is 0 Å². The number of nitrogens with zero attached hydrogens (tertiary/aromatic N) is 2. The molecule has 1 aliphatic heterocycles. The number of benzene rings is 2. The molecule has 0 atom stereocenters. The summed E-state index contributed by atoms with van der Waals surface area (Å²) in [7, 11) is 0. The first-order valence-corrected chi connectivity index (χ1v) is 8.34. The molecule has 7 heteroatoms. The molecule has 4 rings (SSSR count). The molecule has 2 aromatic carbocycles. The maximum Gasteiger partial charge on any atom is 0.357 e. The molecule has 0 bridgehead atoms. The van der Waals surface area contributed by atoms with Gasteiger partial charge in [0.2, 0.25) is 5.91 Å². The van der Waals surface area contributed by atoms with Gasteiger partial charge >= 0.3 is 5.97 Å². The van der Waals surface area contributed by atoms with Crippen LogP contribution < -0.4 is 10.2 Å². The van der Waals surface area contributed by atoms with Gasteiger partial charge in [-0.15, -0.1) is 0 Å². The van der Waals surface area contributed by atoms with Crippen LogP contribution in [0.3, 0.4) is 0 Å². The molecule has 0 saturated heterocycles. The number of amides is 2. The second kappa shape index (κ2) is 6.87. The fourth-order valence-electron chi connectivity index (χ4n) is 2.91. The van der Waals surface area contributed by atoms with E-state index in [9.17, 15) is 14.4 Å². The van der Waals surface area contributed by atoms with E-state index in [0.29, 0.717) is 16.9 Å². The molecule has 0 spiro atoms. The molecule has 0 saturated carbocycles. The van der Waals surface area contributed by atoms with E-state index in [1.807, 2.05) is 18.2 Å². The van der Waals surface area contributed by atoms with Gasteiger partial charge in [0.05, 0.1) is 16.9 Å². The highest BCUT2D eigenvalue weighted by molar-refractivity contribution is 6.10. The van der Waals surface area contributed by atoms with Crippen LogP contribution in [0.25, 0.3) is 10.9 Å².